The van der Waals surface area contributed by atoms with Crippen molar-refractivity contribution in [1.29, 1.82) is 0 Å². The van der Waals surface area contributed by atoms with E-state index in [1.165, 1.54) is 0 Å². The molecule has 2 unspecified atom stereocenters. The van der Waals surface area contributed by atoms with E-state index in [1.807, 2.05) is 0 Å². The molecule has 0 fully saturated rings. The van der Waals surface area contributed by atoms with E-state index in [0.717, 1.165) is 5.33 Å². The molecule has 0 bridgehead atoms. The largest absolute Gasteiger partial charge is 0.697 e. The van der Waals surface area contributed by atoms with Gasteiger partial charge in [0.1, 0.15) is 0 Å². The van der Waals surface area contributed by atoms with Crippen LogP contribution < -0.4 is 0 Å². The summed E-state index contributed by atoms with van der Waals surface area (Å²) < 4.78 is 45.3. The predicted molar refractivity (Wildman–Crippen MR) is 76.5 cm³/mol. The molecule has 0 aromatic carbocycles. The summed E-state index contributed by atoms with van der Waals surface area (Å²) in [5.41, 5.74) is 0. The maximum absolute atomic E-state index is 10.5. The molecule has 0 aliphatic carbocycles. The number of rotatable bonds is 15. The SMILES string of the molecule is O=[P+](O)OC(CCOCCOCCOCCBr)O[P+](=O)O. The van der Waals surface area contributed by atoms with Crippen LogP contribution in [0.5, 0.6) is 0 Å². The highest BCUT2D eigenvalue weighted by Crippen LogP contribution is 2.27. The summed E-state index contributed by atoms with van der Waals surface area (Å²) in [4.78, 5) is 17.1. The Morgan fingerprint density at radius 2 is 1.24 bits per heavy atom. The molecule has 12 heteroatoms. The van der Waals surface area contributed by atoms with E-state index in [1.54, 1.807) is 0 Å². The molecule has 21 heavy (non-hydrogen) atoms. The Bertz CT molecular complexity index is 278. The number of halogens is 1. The van der Waals surface area contributed by atoms with Gasteiger partial charge in [-0.1, -0.05) is 25.0 Å². The lowest BCUT2D eigenvalue weighted by molar-refractivity contribution is -0.0331. The van der Waals surface area contributed by atoms with Crippen LogP contribution in [0.15, 0.2) is 0 Å². The smallest absolute Gasteiger partial charge is 0.379 e. The van der Waals surface area contributed by atoms with E-state index >= 15 is 0 Å². The molecule has 2 atom stereocenters. The van der Waals surface area contributed by atoms with E-state index < -0.39 is 22.8 Å². The molecular weight excluding hydrogens is 394 g/mol. The van der Waals surface area contributed by atoms with Crippen LogP contribution in [0.3, 0.4) is 0 Å². The van der Waals surface area contributed by atoms with Crippen molar-refractivity contribution in [2.75, 3.05) is 45.0 Å². The molecule has 9 nitrogen and oxygen atoms in total. The average molecular weight is 413 g/mol. The molecule has 124 valence electrons. The highest BCUT2D eigenvalue weighted by atomic mass is 79.9. The molecule has 0 saturated carbocycles. The molecule has 0 rings (SSSR count). The predicted octanol–water partition coefficient (Wildman–Crippen LogP) is 1.48. The fraction of sp³-hybridized carbons (Fsp3) is 1.00. The minimum absolute atomic E-state index is 0.0393. The zero-order valence-electron chi connectivity index (χ0n) is 11.3. The van der Waals surface area contributed by atoms with Gasteiger partial charge in [-0.05, 0) is 0 Å². The fourth-order valence-electron chi connectivity index (χ4n) is 1.10. The van der Waals surface area contributed by atoms with Crippen molar-refractivity contribution in [3.05, 3.63) is 0 Å². The van der Waals surface area contributed by atoms with Crippen LogP contribution in [0.4, 0.5) is 0 Å². The Balaban J connectivity index is 3.48. The van der Waals surface area contributed by atoms with Crippen molar-refractivity contribution in [3.63, 3.8) is 0 Å². The van der Waals surface area contributed by atoms with E-state index in [2.05, 4.69) is 25.0 Å². The summed E-state index contributed by atoms with van der Waals surface area (Å²) in [6, 6.07) is 0. The van der Waals surface area contributed by atoms with Gasteiger partial charge in [0.05, 0.1) is 39.6 Å². The van der Waals surface area contributed by atoms with Gasteiger partial charge in [-0.2, -0.15) is 0 Å². The second-order valence-corrected chi connectivity index (χ2v) is 5.60. The maximum Gasteiger partial charge on any atom is 0.697 e. The van der Waals surface area contributed by atoms with Crippen LogP contribution in [0, 0.1) is 0 Å². The third kappa shape index (κ3) is 16.6. The molecule has 2 N–H and O–H groups in total. The van der Waals surface area contributed by atoms with Gasteiger partial charge >= 0.3 is 16.5 Å². The normalized spacial score (nSPS) is 14.0. The lowest BCUT2D eigenvalue weighted by atomic mass is 10.4. The van der Waals surface area contributed by atoms with Crippen LogP contribution in [-0.2, 0) is 32.4 Å². The summed E-state index contributed by atoms with van der Waals surface area (Å²) in [6.45, 7) is 2.39. The summed E-state index contributed by atoms with van der Waals surface area (Å²) >= 11 is 3.23. The van der Waals surface area contributed by atoms with E-state index in [4.69, 9.17) is 24.0 Å². The Hall–Kier alpha value is 0.400. The van der Waals surface area contributed by atoms with Crippen molar-refractivity contribution in [1.82, 2.24) is 0 Å². The maximum atomic E-state index is 10.5. The van der Waals surface area contributed by atoms with Crippen molar-refractivity contribution in [3.8, 4) is 0 Å². The minimum Gasteiger partial charge on any atom is -0.379 e. The molecular formula is C9H19BrO9P2+2. The average Bonchev–Trinajstić information content (AvgIpc) is 2.39. The van der Waals surface area contributed by atoms with Gasteiger partial charge in [0, 0.05) is 20.9 Å². The second-order valence-electron chi connectivity index (χ2n) is 3.43. The first-order valence-corrected chi connectivity index (χ1v) is 9.39. The molecule has 0 aliphatic heterocycles. The standard InChI is InChI=1S/C9H17BrO9P2/c10-2-4-16-6-8-17-7-5-15-3-1-9(18-20(11)12)19-21(13)14/h9H,1-8H2/p+2. The number of hydrogen-bond acceptors (Lipinski definition) is 7. The molecule has 0 radical (unpaired) electrons. The van der Waals surface area contributed by atoms with Crippen molar-refractivity contribution < 1.29 is 42.2 Å². The molecule has 0 saturated heterocycles. The van der Waals surface area contributed by atoms with Gasteiger partial charge in [-0.15, -0.1) is 9.79 Å². The molecule has 0 aliphatic rings. The van der Waals surface area contributed by atoms with Crippen LogP contribution >= 0.6 is 32.4 Å². The summed E-state index contributed by atoms with van der Waals surface area (Å²) in [5.74, 6) is 0. The molecule has 0 amide bonds. The van der Waals surface area contributed by atoms with Crippen LogP contribution in [-0.4, -0.2) is 61.0 Å². The van der Waals surface area contributed by atoms with Crippen molar-refractivity contribution in [2.45, 2.75) is 12.7 Å². The van der Waals surface area contributed by atoms with Gasteiger partial charge in [-0.25, -0.2) is 0 Å². The number of hydrogen-bond donors (Lipinski definition) is 2. The van der Waals surface area contributed by atoms with E-state index in [0.29, 0.717) is 33.0 Å². The van der Waals surface area contributed by atoms with E-state index in [9.17, 15) is 9.13 Å². The lowest BCUT2D eigenvalue weighted by Crippen LogP contribution is -2.15. The van der Waals surface area contributed by atoms with Gasteiger partial charge in [0.2, 0.25) is 0 Å². The third-order valence-corrected chi connectivity index (χ3v) is 3.03. The second kappa shape index (κ2) is 15.3. The monoisotopic (exact) mass is 412 g/mol. The number of alkyl halides is 1. The third-order valence-electron chi connectivity index (χ3n) is 1.88. The zero-order valence-corrected chi connectivity index (χ0v) is 14.6. The summed E-state index contributed by atoms with van der Waals surface area (Å²) in [5, 5.41) is 0.778. The van der Waals surface area contributed by atoms with Crippen LogP contribution in [0.1, 0.15) is 6.42 Å². The molecule has 0 heterocycles. The first-order chi connectivity index (χ1) is 10.1. The topological polar surface area (TPSA) is 121 Å². The summed E-state index contributed by atoms with van der Waals surface area (Å²) in [7, 11) is -5.84. The first kappa shape index (κ1) is 21.4. The number of ether oxygens (including phenoxy) is 3. The van der Waals surface area contributed by atoms with Crippen molar-refractivity contribution in [2.24, 2.45) is 0 Å². The minimum atomic E-state index is -2.92. The lowest BCUT2D eigenvalue weighted by Gasteiger charge is -2.07. The highest BCUT2D eigenvalue weighted by molar-refractivity contribution is 9.09. The Morgan fingerprint density at radius 1 is 0.810 bits per heavy atom. The Kier molecular flexibility index (Phi) is 15.6. The first-order valence-electron chi connectivity index (χ1n) is 6.01. The van der Waals surface area contributed by atoms with E-state index in [-0.39, 0.29) is 13.0 Å². The van der Waals surface area contributed by atoms with Gasteiger partial charge in [-0.3, -0.25) is 0 Å². The zero-order chi connectivity index (χ0) is 15.9. The summed E-state index contributed by atoms with van der Waals surface area (Å²) in [6.07, 6.45) is -1.23. The van der Waals surface area contributed by atoms with Crippen LogP contribution in [0.2, 0.25) is 0 Å². The highest BCUT2D eigenvalue weighted by Gasteiger charge is 2.32. The van der Waals surface area contributed by atoms with Gasteiger partial charge < -0.3 is 14.2 Å². The molecule has 0 aromatic rings. The van der Waals surface area contributed by atoms with Crippen LogP contribution in [0.25, 0.3) is 0 Å². The Morgan fingerprint density at radius 3 is 1.67 bits per heavy atom. The Labute approximate surface area is 132 Å². The van der Waals surface area contributed by atoms with Gasteiger partial charge in [0.15, 0.2) is 0 Å². The van der Waals surface area contributed by atoms with Gasteiger partial charge in [0.25, 0.3) is 6.29 Å². The quantitative estimate of drug-likeness (QED) is 0.178. The fourth-order valence-corrected chi connectivity index (χ4v) is 2.10. The molecule has 0 spiro atoms. The van der Waals surface area contributed by atoms with Crippen molar-refractivity contribution >= 4 is 32.4 Å². The molecule has 0 aromatic heterocycles.